The number of benzene rings is 1. The number of hydrogen-bond donors (Lipinski definition) is 1. The van der Waals surface area contributed by atoms with E-state index in [1.54, 1.807) is 35.9 Å². The zero-order chi connectivity index (χ0) is 15.0. The second kappa shape index (κ2) is 5.21. The van der Waals surface area contributed by atoms with Crippen molar-refractivity contribution in [1.29, 1.82) is 0 Å². The zero-order valence-electron chi connectivity index (χ0n) is 11.7. The monoisotopic (exact) mass is 302 g/mol. The van der Waals surface area contributed by atoms with Gasteiger partial charge < -0.3 is 14.9 Å². The Morgan fingerprint density at radius 1 is 1.43 bits per heavy atom. The first-order valence-corrected chi connectivity index (χ1v) is 7.29. The fourth-order valence-corrected chi connectivity index (χ4v) is 2.90. The molecule has 2 heterocycles. The Labute approximate surface area is 125 Å². The average molecular weight is 302 g/mol. The van der Waals surface area contributed by atoms with Gasteiger partial charge in [0, 0.05) is 5.39 Å². The molecule has 3 rings (SSSR count). The number of ether oxygens (including phenoxy) is 1. The number of carbonyl (C=O) groups excluding carboxylic acids is 1. The van der Waals surface area contributed by atoms with Gasteiger partial charge in [0.15, 0.2) is 0 Å². The van der Waals surface area contributed by atoms with Crippen molar-refractivity contribution in [3.8, 4) is 5.75 Å². The predicted molar refractivity (Wildman–Crippen MR) is 80.7 cm³/mol. The highest BCUT2D eigenvalue weighted by Gasteiger charge is 2.16. The maximum Gasteiger partial charge on any atom is 0.252 e. The lowest BCUT2D eigenvalue weighted by Gasteiger charge is -2.05. The van der Waals surface area contributed by atoms with Crippen molar-refractivity contribution >= 4 is 28.2 Å². The molecular formula is C15H14N2O3S. The third-order valence-corrected chi connectivity index (χ3v) is 4.21. The number of thiazole rings is 1. The van der Waals surface area contributed by atoms with Crippen LogP contribution in [0, 0.1) is 13.8 Å². The molecule has 0 fully saturated rings. The van der Waals surface area contributed by atoms with Gasteiger partial charge in [-0.1, -0.05) is 0 Å². The number of aromatic nitrogens is 1. The molecule has 108 valence electrons. The quantitative estimate of drug-likeness (QED) is 0.802. The summed E-state index contributed by atoms with van der Waals surface area (Å²) in [5.41, 5.74) is 9.20. The fourth-order valence-electron chi connectivity index (χ4n) is 2.21. The Balaban J connectivity index is 1.91. The van der Waals surface area contributed by atoms with Gasteiger partial charge in [0.05, 0.1) is 21.6 Å². The number of aryl methyl sites for hydroxylation is 2. The lowest BCUT2D eigenvalue weighted by Crippen LogP contribution is -2.11. The van der Waals surface area contributed by atoms with Crippen LogP contribution >= 0.6 is 11.3 Å². The van der Waals surface area contributed by atoms with Crippen LogP contribution in [0.25, 0.3) is 11.0 Å². The Hall–Kier alpha value is -2.34. The Morgan fingerprint density at radius 2 is 2.24 bits per heavy atom. The molecule has 6 heteroatoms. The Bertz CT molecular complexity index is 820. The SMILES string of the molecule is Cc1ncsc1COc1ccc2oc(C)c(C(N)=O)c2c1. The highest BCUT2D eigenvalue weighted by molar-refractivity contribution is 7.09. The molecule has 0 aliphatic carbocycles. The lowest BCUT2D eigenvalue weighted by atomic mass is 10.1. The minimum absolute atomic E-state index is 0.407. The normalized spacial score (nSPS) is 11.0. The van der Waals surface area contributed by atoms with Crippen LogP contribution in [0.5, 0.6) is 5.75 Å². The van der Waals surface area contributed by atoms with Gasteiger partial charge in [0.2, 0.25) is 0 Å². The molecule has 0 saturated heterocycles. The van der Waals surface area contributed by atoms with E-state index in [0.29, 0.717) is 34.6 Å². The van der Waals surface area contributed by atoms with Crippen LogP contribution in [0.2, 0.25) is 0 Å². The average Bonchev–Trinajstić information content (AvgIpc) is 2.98. The van der Waals surface area contributed by atoms with Crippen molar-refractivity contribution in [2.75, 3.05) is 0 Å². The number of nitrogens with two attached hydrogens (primary N) is 1. The van der Waals surface area contributed by atoms with Crippen LogP contribution < -0.4 is 10.5 Å². The highest BCUT2D eigenvalue weighted by atomic mass is 32.1. The summed E-state index contributed by atoms with van der Waals surface area (Å²) in [6, 6.07) is 5.37. The number of amides is 1. The first-order chi connectivity index (χ1) is 10.1. The molecule has 0 aliphatic heterocycles. The van der Waals surface area contributed by atoms with Crippen LogP contribution in [-0.4, -0.2) is 10.9 Å². The Kier molecular flexibility index (Phi) is 3.39. The fraction of sp³-hybridized carbons (Fsp3) is 0.200. The molecule has 0 unspecified atom stereocenters. The van der Waals surface area contributed by atoms with Gasteiger partial charge in [0.1, 0.15) is 23.7 Å². The molecule has 1 amide bonds. The standard InChI is InChI=1S/C15H14N2O3S/c1-8-13(21-7-17-8)6-19-10-3-4-12-11(5-10)14(15(16)18)9(2)20-12/h3-5,7H,6H2,1-2H3,(H2,16,18). The number of primary amides is 1. The van der Waals surface area contributed by atoms with Crippen LogP contribution in [0.3, 0.4) is 0 Å². The van der Waals surface area contributed by atoms with E-state index in [-0.39, 0.29) is 0 Å². The van der Waals surface area contributed by atoms with E-state index in [2.05, 4.69) is 4.98 Å². The molecule has 3 aromatic rings. The summed E-state index contributed by atoms with van der Waals surface area (Å²) in [6.07, 6.45) is 0. The van der Waals surface area contributed by atoms with Crippen LogP contribution in [0.15, 0.2) is 28.1 Å². The van der Waals surface area contributed by atoms with Gasteiger partial charge in [-0.05, 0) is 32.0 Å². The van der Waals surface area contributed by atoms with E-state index in [9.17, 15) is 4.79 Å². The lowest BCUT2D eigenvalue weighted by molar-refractivity contribution is 0.1000. The number of furan rings is 1. The van der Waals surface area contributed by atoms with Crippen molar-refractivity contribution < 1.29 is 13.9 Å². The van der Waals surface area contributed by atoms with E-state index in [0.717, 1.165) is 10.6 Å². The molecule has 2 aromatic heterocycles. The molecule has 0 bridgehead atoms. The summed E-state index contributed by atoms with van der Waals surface area (Å²) in [5.74, 6) is 0.688. The second-order valence-electron chi connectivity index (χ2n) is 4.71. The molecule has 1 aromatic carbocycles. The number of rotatable bonds is 4. The highest BCUT2D eigenvalue weighted by Crippen LogP contribution is 2.29. The van der Waals surface area contributed by atoms with Crippen molar-refractivity contribution in [2.24, 2.45) is 5.73 Å². The first-order valence-electron chi connectivity index (χ1n) is 6.41. The van der Waals surface area contributed by atoms with Gasteiger partial charge in [-0.25, -0.2) is 4.98 Å². The van der Waals surface area contributed by atoms with Crippen LogP contribution in [0.1, 0.15) is 26.7 Å². The van der Waals surface area contributed by atoms with Crippen LogP contribution in [-0.2, 0) is 6.61 Å². The molecule has 0 saturated carbocycles. The van der Waals surface area contributed by atoms with Gasteiger partial charge in [-0.15, -0.1) is 11.3 Å². The number of nitrogens with zero attached hydrogens (tertiary/aromatic N) is 1. The maximum absolute atomic E-state index is 11.5. The minimum atomic E-state index is -0.498. The minimum Gasteiger partial charge on any atom is -0.488 e. The van der Waals surface area contributed by atoms with Gasteiger partial charge in [-0.3, -0.25) is 4.79 Å². The van der Waals surface area contributed by atoms with Gasteiger partial charge >= 0.3 is 0 Å². The second-order valence-corrected chi connectivity index (χ2v) is 5.64. The first kappa shape index (κ1) is 13.6. The van der Waals surface area contributed by atoms with E-state index < -0.39 is 5.91 Å². The summed E-state index contributed by atoms with van der Waals surface area (Å²) in [5, 5.41) is 0.679. The molecule has 21 heavy (non-hydrogen) atoms. The third-order valence-electron chi connectivity index (χ3n) is 3.30. The van der Waals surface area contributed by atoms with E-state index >= 15 is 0 Å². The predicted octanol–water partition coefficient (Wildman–Crippen LogP) is 3.18. The molecule has 0 aliphatic rings. The molecule has 0 atom stereocenters. The van der Waals surface area contributed by atoms with E-state index in [1.165, 1.54) is 0 Å². The summed E-state index contributed by atoms with van der Waals surface area (Å²) in [4.78, 5) is 16.8. The van der Waals surface area contributed by atoms with Crippen molar-refractivity contribution in [3.05, 3.63) is 45.6 Å². The van der Waals surface area contributed by atoms with Crippen molar-refractivity contribution in [2.45, 2.75) is 20.5 Å². The van der Waals surface area contributed by atoms with Crippen LogP contribution in [0.4, 0.5) is 0 Å². The number of carbonyl (C=O) groups is 1. The summed E-state index contributed by atoms with van der Waals surface area (Å²) in [7, 11) is 0. The van der Waals surface area contributed by atoms with Crippen molar-refractivity contribution in [3.63, 3.8) is 0 Å². The molecule has 0 spiro atoms. The number of hydrogen-bond acceptors (Lipinski definition) is 5. The smallest absolute Gasteiger partial charge is 0.252 e. The molecule has 2 N–H and O–H groups in total. The van der Waals surface area contributed by atoms with Gasteiger partial charge in [-0.2, -0.15) is 0 Å². The molecule has 5 nitrogen and oxygen atoms in total. The summed E-state index contributed by atoms with van der Waals surface area (Å²) < 4.78 is 11.3. The van der Waals surface area contributed by atoms with E-state index in [1.807, 2.05) is 13.0 Å². The third kappa shape index (κ3) is 2.50. The topological polar surface area (TPSA) is 78.3 Å². The van der Waals surface area contributed by atoms with E-state index in [4.69, 9.17) is 14.9 Å². The maximum atomic E-state index is 11.5. The largest absolute Gasteiger partial charge is 0.488 e. The van der Waals surface area contributed by atoms with Gasteiger partial charge in [0.25, 0.3) is 5.91 Å². The van der Waals surface area contributed by atoms with Crippen molar-refractivity contribution in [1.82, 2.24) is 4.98 Å². The number of fused-ring (bicyclic) bond motifs is 1. The molecule has 0 radical (unpaired) electrons. The summed E-state index contributed by atoms with van der Waals surface area (Å²) >= 11 is 1.56. The molecular weight excluding hydrogens is 288 g/mol. The Morgan fingerprint density at radius 3 is 2.90 bits per heavy atom. The summed E-state index contributed by atoms with van der Waals surface area (Å²) in [6.45, 7) is 4.12. The zero-order valence-corrected chi connectivity index (χ0v) is 12.5.